The van der Waals surface area contributed by atoms with Crippen molar-refractivity contribution in [1.29, 1.82) is 0 Å². The van der Waals surface area contributed by atoms with E-state index in [-0.39, 0.29) is 21.6 Å². The van der Waals surface area contributed by atoms with Gasteiger partial charge in [0.25, 0.3) is 5.91 Å². The summed E-state index contributed by atoms with van der Waals surface area (Å²) in [6.07, 6.45) is 5.13. The minimum atomic E-state index is -3.47. The van der Waals surface area contributed by atoms with Gasteiger partial charge in [-0.3, -0.25) is 9.63 Å². The normalized spacial score (nSPS) is 16.3. The Balaban J connectivity index is 2.10. The van der Waals surface area contributed by atoms with Crippen LogP contribution >= 0.6 is 11.6 Å². The number of amides is 1. The number of hydroxylamine groups is 1. The molecular formula is C13H16ClNO4S. The SMILES string of the molecule is CS(=O)(=O)c1cc(C(=O)NOC2CCCC2)ccc1Cl. The Kier molecular flexibility index (Phi) is 4.67. The zero-order chi connectivity index (χ0) is 14.8. The largest absolute Gasteiger partial charge is 0.274 e. The Morgan fingerprint density at radius 3 is 2.60 bits per heavy atom. The van der Waals surface area contributed by atoms with Crippen molar-refractivity contribution < 1.29 is 18.0 Å². The number of hydrogen-bond acceptors (Lipinski definition) is 4. The molecule has 0 bridgehead atoms. The van der Waals surface area contributed by atoms with Crippen LogP contribution in [0.4, 0.5) is 0 Å². The van der Waals surface area contributed by atoms with Crippen molar-refractivity contribution in [1.82, 2.24) is 5.48 Å². The summed E-state index contributed by atoms with van der Waals surface area (Å²) >= 11 is 5.82. The first kappa shape index (κ1) is 15.3. The van der Waals surface area contributed by atoms with Crippen LogP contribution < -0.4 is 5.48 Å². The van der Waals surface area contributed by atoms with Gasteiger partial charge in [0, 0.05) is 11.8 Å². The van der Waals surface area contributed by atoms with Crippen molar-refractivity contribution in [2.45, 2.75) is 36.7 Å². The van der Waals surface area contributed by atoms with E-state index in [9.17, 15) is 13.2 Å². The fourth-order valence-electron chi connectivity index (χ4n) is 2.13. The van der Waals surface area contributed by atoms with E-state index in [0.717, 1.165) is 31.9 Å². The lowest BCUT2D eigenvalue weighted by Gasteiger charge is -2.12. The van der Waals surface area contributed by atoms with Crippen molar-refractivity contribution in [2.24, 2.45) is 0 Å². The lowest BCUT2D eigenvalue weighted by Crippen LogP contribution is -2.28. The molecule has 110 valence electrons. The summed E-state index contributed by atoms with van der Waals surface area (Å²) in [4.78, 5) is 17.1. The van der Waals surface area contributed by atoms with Crippen LogP contribution in [0.2, 0.25) is 5.02 Å². The molecule has 7 heteroatoms. The van der Waals surface area contributed by atoms with Gasteiger partial charge in [0.2, 0.25) is 0 Å². The highest BCUT2D eigenvalue weighted by atomic mass is 35.5. The van der Waals surface area contributed by atoms with E-state index < -0.39 is 15.7 Å². The molecule has 0 aliphatic heterocycles. The third-order valence-electron chi connectivity index (χ3n) is 3.21. The van der Waals surface area contributed by atoms with E-state index in [1.165, 1.54) is 18.2 Å². The number of benzene rings is 1. The topological polar surface area (TPSA) is 72.5 Å². The molecule has 1 amide bonds. The summed E-state index contributed by atoms with van der Waals surface area (Å²) in [5.74, 6) is -0.474. The molecule has 1 fully saturated rings. The Labute approximate surface area is 123 Å². The van der Waals surface area contributed by atoms with Crippen molar-refractivity contribution in [3.05, 3.63) is 28.8 Å². The third kappa shape index (κ3) is 3.71. The van der Waals surface area contributed by atoms with Crippen LogP contribution in [-0.2, 0) is 14.7 Å². The zero-order valence-corrected chi connectivity index (χ0v) is 12.6. The minimum Gasteiger partial charge on any atom is -0.270 e. The monoisotopic (exact) mass is 317 g/mol. The third-order valence-corrected chi connectivity index (χ3v) is 4.79. The molecule has 2 rings (SSSR count). The summed E-state index contributed by atoms with van der Waals surface area (Å²) in [7, 11) is -3.47. The number of rotatable bonds is 4. The first-order valence-electron chi connectivity index (χ1n) is 6.33. The Morgan fingerprint density at radius 1 is 1.35 bits per heavy atom. The van der Waals surface area contributed by atoms with Crippen LogP contribution in [0.5, 0.6) is 0 Å². The van der Waals surface area contributed by atoms with Gasteiger partial charge in [-0.25, -0.2) is 13.9 Å². The Bertz CT molecular complexity index is 609. The molecule has 1 aliphatic carbocycles. The maximum absolute atomic E-state index is 11.9. The van der Waals surface area contributed by atoms with Gasteiger partial charge >= 0.3 is 0 Å². The predicted octanol–water partition coefficient (Wildman–Crippen LogP) is 2.35. The van der Waals surface area contributed by atoms with E-state index in [0.29, 0.717) is 0 Å². The maximum Gasteiger partial charge on any atom is 0.274 e. The minimum absolute atomic E-state index is 0.0422. The highest BCUT2D eigenvalue weighted by molar-refractivity contribution is 7.90. The lowest BCUT2D eigenvalue weighted by molar-refractivity contribution is -0.0125. The van der Waals surface area contributed by atoms with Crippen LogP contribution in [0.25, 0.3) is 0 Å². The van der Waals surface area contributed by atoms with E-state index in [4.69, 9.17) is 16.4 Å². The van der Waals surface area contributed by atoms with Crippen molar-refractivity contribution in [3.8, 4) is 0 Å². The quantitative estimate of drug-likeness (QED) is 0.865. The lowest BCUT2D eigenvalue weighted by atomic mass is 10.2. The summed E-state index contributed by atoms with van der Waals surface area (Å²) < 4.78 is 23.1. The van der Waals surface area contributed by atoms with E-state index in [2.05, 4.69) is 5.48 Å². The number of nitrogens with one attached hydrogen (secondary N) is 1. The number of sulfone groups is 1. The molecular weight excluding hydrogens is 302 g/mol. The van der Waals surface area contributed by atoms with Gasteiger partial charge in [0.05, 0.1) is 16.0 Å². The second-order valence-electron chi connectivity index (χ2n) is 4.87. The smallest absolute Gasteiger partial charge is 0.270 e. The number of hydrogen-bond donors (Lipinski definition) is 1. The molecule has 20 heavy (non-hydrogen) atoms. The fraction of sp³-hybridized carbons (Fsp3) is 0.462. The summed E-state index contributed by atoms with van der Waals surface area (Å²) in [6, 6.07) is 4.11. The molecule has 0 saturated heterocycles. The molecule has 0 radical (unpaired) electrons. The number of halogens is 1. The van der Waals surface area contributed by atoms with Crippen LogP contribution in [-0.4, -0.2) is 26.7 Å². The fourth-order valence-corrected chi connectivity index (χ4v) is 3.43. The molecule has 1 aromatic rings. The molecule has 1 aromatic carbocycles. The Morgan fingerprint density at radius 2 is 2.00 bits per heavy atom. The molecule has 1 aliphatic rings. The second kappa shape index (κ2) is 6.11. The van der Waals surface area contributed by atoms with Crippen LogP contribution in [0.3, 0.4) is 0 Å². The number of carbonyl (C=O) groups excluding carboxylic acids is 1. The molecule has 0 unspecified atom stereocenters. The van der Waals surface area contributed by atoms with Gasteiger partial charge < -0.3 is 0 Å². The van der Waals surface area contributed by atoms with Gasteiger partial charge in [0.15, 0.2) is 9.84 Å². The molecule has 0 spiro atoms. The van der Waals surface area contributed by atoms with Crippen LogP contribution in [0.1, 0.15) is 36.0 Å². The zero-order valence-electron chi connectivity index (χ0n) is 11.1. The molecule has 0 heterocycles. The average molecular weight is 318 g/mol. The van der Waals surface area contributed by atoms with Crippen molar-refractivity contribution in [2.75, 3.05) is 6.26 Å². The van der Waals surface area contributed by atoms with E-state index >= 15 is 0 Å². The number of carbonyl (C=O) groups is 1. The summed E-state index contributed by atoms with van der Waals surface area (Å²) in [5.41, 5.74) is 2.56. The van der Waals surface area contributed by atoms with E-state index in [1.54, 1.807) is 0 Å². The maximum atomic E-state index is 11.9. The first-order chi connectivity index (χ1) is 9.38. The van der Waals surface area contributed by atoms with Gasteiger partial charge in [0.1, 0.15) is 0 Å². The van der Waals surface area contributed by atoms with Crippen molar-refractivity contribution >= 4 is 27.3 Å². The molecule has 1 N–H and O–H groups in total. The van der Waals surface area contributed by atoms with Crippen molar-refractivity contribution in [3.63, 3.8) is 0 Å². The van der Waals surface area contributed by atoms with E-state index in [1.807, 2.05) is 0 Å². The predicted molar refractivity (Wildman–Crippen MR) is 75.4 cm³/mol. The van der Waals surface area contributed by atoms with Crippen LogP contribution in [0.15, 0.2) is 23.1 Å². The first-order valence-corrected chi connectivity index (χ1v) is 8.60. The standard InChI is InChI=1S/C13H16ClNO4S/c1-20(17,18)12-8-9(6-7-11(12)14)13(16)15-19-10-4-2-3-5-10/h6-8,10H,2-5H2,1H3,(H,15,16). The van der Waals surface area contributed by atoms with Gasteiger partial charge in [-0.05, 0) is 31.0 Å². The molecule has 0 atom stereocenters. The summed E-state index contributed by atoms with van der Waals surface area (Å²) in [5, 5.41) is 0.0979. The van der Waals surface area contributed by atoms with Crippen LogP contribution in [0, 0.1) is 0 Å². The molecule has 1 saturated carbocycles. The van der Waals surface area contributed by atoms with Gasteiger partial charge in [-0.15, -0.1) is 0 Å². The van der Waals surface area contributed by atoms with Gasteiger partial charge in [-0.2, -0.15) is 0 Å². The van der Waals surface area contributed by atoms with Gasteiger partial charge in [-0.1, -0.05) is 24.4 Å². The molecule has 0 aromatic heterocycles. The Hall–Kier alpha value is -1.11. The highest BCUT2D eigenvalue weighted by Gasteiger charge is 2.19. The average Bonchev–Trinajstić information content (AvgIpc) is 2.88. The molecule has 5 nitrogen and oxygen atoms in total. The summed E-state index contributed by atoms with van der Waals surface area (Å²) in [6.45, 7) is 0. The second-order valence-corrected chi connectivity index (χ2v) is 7.26. The highest BCUT2D eigenvalue weighted by Crippen LogP contribution is 2.23.